The molecule has 0 bridgehead atoms. The van der Waals surface area contributed by atoms with E-state index in [4.69, 9.17) is 16.3 Å². The summed E-state index contributed by atoms with van der Waals surface area (Å²) >= 11 is 6.14. The average molecular weight is 255 g/mol. The van der Waals surface area contributed by atoms with Crippen LogP contribution in [0.3, 0.4) is 0 Å². The number of anilines is 1. The van der Waals surface area contributed by atoms with Gasteiger partial charge in [0.25, 0.3) is 0 Å². The molecular weight excluding hydrogens is 236 g/mol. The van der Waals surface area contributed by atoms with Crippen molar-refractivity contribution in [2.24, 2.45) is 5.92 Å². The number of hydrogen-bond acceptors (Lipinski definition) is 3. The van der Waals surface area contributed by atoms with Crippen molar-refractivity contribution in [3.05, 3.63) is 18.3 Å². The van der Waals surface area contributed by atoms with Crippen LogP contribution in [0.5, 0.6) is 5.75 Å². The van der Waals surface area contributed by atoms with Gasteiger partial charge in [0.05, 0.1) is 13.3 Å². The van der Waals surface area contributed by atoms with Crippen LogP contribution in [-0.2, 0) is 0 Å². The topological polar surface area (TPSA) is 25.4 Å². The van der Waals surface area contributed by atoms with E-state index in [0.29, 0.717) is 5.92 Å². The van der Waals surface area contributed by atoms with Crippen molar-refractivity contribution < 1.29 is 4.74 Å². The van der Waals surface area contributed by atoms with E-state index < -0.39 is 0 Å². The predicted molar refractivity (Wildman–Crippen MR) is 71.0 cm³/mol. The van der Waals surface area contributed by atoms with Crippen LogP contribution in [0.25, 0.3) is 0 Å². The average Bonchev–Trinajstić information content (AvgIpc) is 2.39. The largest absolute Gasteiger partial charge is 0.495 e. The first-order chi connectivity index (χ1) is 8.20. The maximum Gasteiger partial charge on any atom is 0.137 e. The van der Waals surface area contributed by atoms with E-state index in [0.717, 1.165) is 37.5 Å². The minimum atomic E-state index is 0.279. The van der Waals surface area contributed by atoms with Gasteiger partial charge in [-0.25, -0.2) is 4.98 Å². The molecule has 1 aromatic heterocycles. The van der Waals surface area contributed by atoms with Gasteiger partial charge in [-0.2, -0.15) is 0 Å². The molecule has 17 heavy (non-hydrogen) atoms. The zero-order valence-electron chi connectivity index (χ0n) is 10.4. The first-order valence-corrected chi connectivity index (χ1v) is 6.53. The van der Waals surface area contributed by atoms with Crippen LogP contribution in [0, 0.1) is 5.92 Å². The summed E-state index contributed by atoms with van der Waals surface area (Å²) in [7, 11) is 1.66. The van der Waals surface area contributed by atoms with Crippen LogP contribution in [-0.4, -0.2) is 30.6 Å². The smallest absolute Gasteiger partial charge is 0.137 e. The fraction of sp³-hybridized carbons (Fsp3) is 0.615. The lowest BCUT2D eigenvalue weighted by molar-refractivity contribution is 0.397. The summed E-state index contributed by atoms with van der Waals surface area (Å²) in [6.45, 7) is 4.18. The molecule has 0 aromatic carbocycles. The van der Waals surface area contributed by atoms with E-state index >= 15 is 0 Å². The van der Waals surface area contributed by atoms with Gasteiger partial charge in [-0.05, 0) is 37.8 Å². The Hall–Kier alpha value is -0.960. The Labute approximate surface area is 108 Å². The van der Waals surface area contributed by atoms with E-state index in [9.17, 15) is 0 Å². The van der Waals surface area contributed by atoms with Crippen LogP contribution in [0.15, 0.2) is 18.3 Å². The number of piperidine rings is 1. The summed E-state index contributed by atoms with van der Waals surface area (Å²) in [6.07, 6.45) is 4.07. The highest BCUT2D eigenvalue weighted by molar-refractivity contribution is 6.20. The van der Waals surface area contributed by atoms with Gasteiger partial charge < -0.3 is 9.64 Å². The molecule has 2 heterocycles. The zero-order valence-corrected chi connectivity index (χ0v) is 11.2. The molecule has 4 heteroatoms. The van der Waals surface area contributed by atoms with Crippen LogP contribution in [0.2, 0.25) is 0 Å². The summed E-state index contributed by atoms with van der Waals surface area (Å²) in [5, 5.41) is 0.279. The number of halogens is 1. The van der Waals surface area contributed by atoms with Gasteiger partial charge in [0.2, 0.25) is 0 Å². The van der Waals surface area contributed by atoms with Crippen molar-refractivity contribution in [2.45, 2.75) is 25.1 Å². The minimum Gasteiger partial charge on any atom is -0.495 e. The van der Waals surface area contributed by atoms with Gasteiger partial charge in [-0.15, -0.1) is 11.6 Å². The lowest BCUT2D eigenvalue weighted by atomic mass is 9.94. The van der Waals surface area contributed by atoms with Gasteiger partial charge >= 0.3 is 0 Å². The molecule has 2 rings (SSSR count). The predicted octanol–water partition coefficient (Wildman–Crippen LogP) is 2.93. The molecule has 94 valence electrons. The molecule has 1 aromatic rings. The number of pyridine rings is 1. The van der Waals surface area contributed by atoms with Crippen LogP contribution in [0.4, 0.5) is 5.82 Å². The van der Waals surface area contributed by atoms with Gasteiger partial charge in [0.1, 0.15) is 11.6 Å². The molecule has 1 fully saturated rings. The van der Waals surface area contributed by atoms with Crippen molar-refractivity contribution in [3.8, 4) is 5.75 Å². The van der Waals surface area contributed by atoms with Gasteiger partial charge in [0, 0.05) is 18.5 Å². The number of methoxy groups -OCH3 is 1. The molecule has 1 aliphatic heterocycles. The van der Waals surface area contributed by atoms with E-state index in [2.05, 4.69) is 16.8 Å². The summed E-state index contributed by atoms with van der Waals surface area (Å²) in [5.41, 5.74) is 0. The molecule has 1 unspecified atom stereocenters. The molecule has 0 saturated carbocycles. The van der Waals surface area contributed by atoms with Gasteiger partial charge in [0.15, 0.2) is 0 Å². The molecule has 1 aliphatic rings. The van der Waals surface area contributed by atoms with E-state index in [1.807, 2.05) is 12.1 Å². The normalized spacial score (nSPS) is 19.1. The molecule has 0 radical (unpaired) electrons. The van der Waals surface area contributed by atoms with E-state index in [1.54, 1.807) is 13.3 Å². The highest BCUT2D eigenvalue weighted by atomic mass is 35.5. The number of alkyl halides is 1. The molecule has 1 saturated heterocycles. The Bertz CT molecular complexity index is 345. The number of nitrogens with zero attached hydrogens (tertiary/aromatic N) is 2. The highest BCUT2D eigenvalue weighted by Gasteiger charge is 2.23. The molecular formula is C13H19ClN2O. The summed E-state index contributed by atoms with van der Waals surface area (Å²) in [5.74, 6) is 2.48. The number of ether oxygens (including phenoxy) is 1. The fourth-order valence-electron chi connectivity index (χ4n) is 2.27. The molecule has 0 N–H and O–H groups in total. The second-order valence-corrected chi connectivity index (χ2v) is 5.25. The third-order valence-electron chi connectivity index (χ3n) is 3.47. The number of rotatable bonds is 3. The second-order valence-electron chi connectivity index (χ2n) is 4.56. The molecule has 0 spiro atoms. The fourth-order valence-corrected chi connectivity index (χ4v) is 2.52. The summed E-state index contributed by atoms with van der Waals surface area (Å²) in [6, 6.07) is 3.97. The van der Waals surface area contributed by atoms with Crippen molar-refractivity contribution >= 4 is 17.4 Å². The number of aromatic nitrogens is 1. The Kier molecular flexibility index (Phi) is 4.11. The quantitative estimate of drug-likeness (QED) is 0.776. The molecule has 0 aliphatic carbocycles. The third-order valence-corrected chi connectivity index (χ3v) is 3.83. The monoisotopic (exact) mass is 254 g/mol. The first kappa shape index (κ1) is 12.5. The minimum absolute atomic E-state index is 0.279. The van der Waals surface area contributed by atoms with Crippen LogP contribution < -0.4 is 9.64 Å². The van der Waals surface area contributed by atoms with Crippen LogP contribution >= 0.6 is 11.6 Å². The van der Waals surface area contributed by atoms with Crippen molar-refractivity contribution in [3.63, 3.8) is 0 Å². The standard InChI is InChI=1S/C13H19ClN2O/c1-10(14)11-5-7-16(8-6-11)13-4-3-12(17-2)9-15-13/h3-4,9-11H,5-8H2,1-2H3. The molecule has 3 nitrogen and oxygen atoms in total. The Morgan fingerprint density at radius 2 is 2.12 bits per heavy atom. The van der Waals surface area contributed by atoms with E-state index in [-0.39, 0.29) is 5.38 Å². The maximum absolute atomic E-state index is 6.14. The lowest BCUT2D eigenvalue weighted by Gasteiger charge is -2.33. The summed E-state index contributed by atoms with van der Waals surface area (Å²) < 4.78 is 5.11. The Morgan fingerprint density at radius 3 is 2.59 bits per heavy atom. The van der Waals surface area contributed by atoms with Crippen molar-refractivity contribution in [2.75, 3.05) is 25.1 Å². The van der Waals surface area contributed by atoms with E-state index in [1.165, 1.54) is 0 Å². The lowest BCUT2D eigenvalue weighted by Crippen LogP contribution is -2.36. The van der Waals surface area contributed by atoms with Gasteiger partial charge in [-0.3, -0.25) is 0 Å². The van der Waals surface area contributed by atoms with Gasteiger partial charge in [-0.1, -0.05) is 0 Å². The zero-order chi connectivity index (χ0) is 12.3. The van der Waals surface area contributed by atoms with Crippen molar-refractivity contribution in [1.82, 2.24) is 4.98 Å². The number of hydrogen-bond donors (Lipinski definition) is 0. The molecule has 1 atom stereocenters. The van der Waals surface area contributed by atoms with Crippen LogP contribution in [0.1, 0.15) is 19.8 Å². The van der Waals surface area contributed by atoms with Crippen molar-refractivity contribution in [1.29, 1.82) is 0 Å². The summed E-state index contributed by atoms with van der Waals surface area (Å²) in [4.78, 5) is 6.73. The first-order valence-electron chi connectivity index (χ1n) is 6.09. The Morgan fingerprint density at radius 1 is 1.41 bits per heavy atom. The Balaban J connectivity index is 1.95. The maximum atomic E-state index is 6.14. The third kappa shape index (κ3) is 3.03. The highest BCUT2D eigenvalue weighted by Crippen LogP contribution is 2.26. The SMILES string of the molecule is COc1ccc(N2CCC(C(C)Cl)CC2)nc1. The second kappa shape index (κ2) is 5.58. The molecule has 0 amide bonds.